The van der Waals surface area contributed by atoms with Gasteiger partial charge < -0.3 is 9.90 Å². The number of nitro groups is 1. The molecule has 0 spiro atoms. The summed E-state index contributed by atoms with van der Waals surface area (Å²) >= 11 is 7.62. The van der Waals surface area contributed by atoms with Crippen molar-refractivity contribution in [3.63, 3.8) is 0 Å². The minimum Gasteiger partial charge on any atom is -0.548 e. The molecule has 132 valence electrons. The number of carbonyl (C=O) groups is 2. The SMILES string of the molecule is CSCC[C@@H](C(=O)[O-])N1C(=O)/C(=C\c2ccc([N+](=O)[O-])cc2)SC1=S. The van der Waals surface area contributed by atoms with E-state index < -0.39 is 22.8 Å². The summed E-state index contributed by atoms with van der Waals surface area (Å²) in [6.07, 6.45) is 3.61. The normalized spacial score (nSPS) is 17.2. The Kier molecular flexibility index (Phi) is 6.57. The second kappa shape index (κ2) is 8.45. The Labute approximate surface area is 157 Å². The van der Waals surface area contributed by atoms with Crippen molar-refractivity contribution in [3.8, 4) is 0 Å². The Bertz CT molecular complexity index is 748. The number of carbonyl (C=O) groups excluding carboxylic acids is 2. The van der Waals surface area contributed by atoms with Crippen LogP contribution in [-0.4, -0.2) is 44.1 Å². The highest BCUT2D eigenvalue weighted by Gasteiger charge is 2.37. The van der Waals surface area contributed by atoms with Crippen molar-refractivity contribution in [2.75, 3.05) is 12.0 Å². The van der Waals surface area contributed by atoms with E-state index in [0.717, 1.165) is 16.7 Å². The zero-order valence-electron chi connectivity index (χ0n) is 13.0. The van der Waals surface area contributed by atoms with Crippen LogP contribution in [0.15, 0.2) is 29.2 Å². The number of hydrogen-bond acceptors (Lipinski definition) is 8. The number of carboxylic acids is 1. The molecule has 1 aromatic rings. The number of benzene rings is 1. The van der Waals surface area contributed by atoms with E-state index in [0.29, 0.717) is 11.3 Å². The van der Waals surface area contributed by atoms with Gasteiger partial charge >= 0.3 is 0 Å². The van der Waals surface area contributed by atoms with E-state index in [1.165, 1.54) is 42.1 Å². The van der Waals surface area contributed by atoms with Crippen LogP contribution < -0.4 is 5.11 Å². The lowest BCUT2D eigenvalue weighted by Gasteiger charge is -2.27. The number of hydrogen-bond donors (Lipinski definition) is 0. The van der Waals surface area contributed by atoms with Crippen LogP contribution >= 0.6 is 35.7 Å². The molecule has 1 aliphatic rings. The van der Waals surface area contributed by atoms with Crippen LogP contribution in [0.5, 0.6) is 0 Å². The third-order valence-corrected chi connectivity index (χ3v) is 5.38. The molecular weight excluding hydrogens is 384 g/mol. The fraction of sp³-hybridized carbons (Fsp3) is 0.267. The van der Waals surface area contributed by atoms with Gasteiger partial charge in [-0.05, 0) is 42.2 Å². The van der Waals surface area contributed by atoms with Gasteiger partial charge in [-0.3, -0.25) is 19.8 Å². The lowest BCUT2D eigenvalue weighted by atomic mass is 10.1. The maximum Gasteiger partial charge on any atom is 0.269 e. The number of amides is 1. The van der Waals surface area contributed by atoms with Crippen molar-refractivity contribution in [1.82, 2.24) is 4.90 Å². The van der Waals surface area contributed by atoms with Crippen LogP contribution in [0.4, 0.5) is 5.69 Å². The minimum absolute atomic E-state index is 0.0567. The van der Waals surface area contributed by atoms with Gasteiger partial charge in [0.15, 0.2) is 0 Å². The summed E-state index contributed by atoms with van der Waals surface area (Å²) in [4.78, 5) is 35.4. The topological polar surface area (TPSA) is 104 Å². The molecule has 0 aliphatic carbocycles. The van der Waals surface area contributed by atoms with Gasteiger partial charge in [0.05, 0.1) is 21.8 Å². The highest BCUT2D eigenvalue weighted by Crippen LogP contribution is 2.34. The molecule has 1 atom stereocenters. The van der Waals surface area contributed by atoms with Crippen molar-refractivity contribution < 1.29 is 19.6 Å². The van der Waals surface area contributed by atoms with Gasteiger partial charge in [-0.15, -0.1) is 0 Å². The highest BCUT2D eigenvalue weighted by molar-refractivity contribution is 8.26. The molecule has 7 nitrogen and oxygen atoms in total. The van der Waals surface area contributed by atoms with Gasteiger partial charge in [0.2, 0.25) is 0 Å². The van der Waals surface area contributed by atoms with Gasteiger partial charge in [-0.2, -0.15) is 11.8 Å². The molecule has 2 rings (SSSR count). The van der Waals surface area contributed by atoms with Crippen molar-refractivity contribution >= 4 is 63.7 Å². The second-order valence-electron chi connectivity index (χ2n) is 5.02. The van der Waals surface area contributed by atoms with Crippen molar-refractivity contribution in [2.24, 2.45) is 0 Å². The third-order valence-electron chi connectivity index (χ3n) is 3.40. The van der Waals surface area contributed by atoms with Gasteiger partial charge in [0, 0.05) is 12.1 Å². The molecule has 1 amide bonds. The average Bonchev–Trinajstić information content (AvgIpc) is 2.83. The van der Waals surface area contributed by atoms with Crippen LogP contribution in [0, 0.1) is 10.1 Å². The molecule has 0 bridgehead atoms. The Balaban J connectivity index is 2.24. The van der Waals surface area contributed by atoms with Crippen LogP contribution in [0.2, 0.25) is 0 Å². The Hall–Kier alpha value is -1.91. The lowest BCUT2D eigenvalue weighted by Crippen LogP contribution is -2.50. The zero-order valence-corrected chi connectivity index (χ0v) is 15.5. The number of nitrogens with zero attached hydrogens (tertiary/aromatic N) is 2. The van der Waals surface area contributed by atoms with Gasteiger partial charge in [0.1, 0.15) is 4.32 Å². The molecule has 1 saturated heterocycles. The first-order chi connectivity index (χ1) is 11.8. The maximum atomic E-state index is 12.5. The first-order valence-electron chi connectivity index (χ1n) is 7.06. The van der Waals surface area contributed by atoms with Crippen molar-refractivity contribution in [2.45, 2.75) is 12.5 Å². The number of thioether (sulfide) groups is 2. The zero-order chi connectivity index (χ0) is 18.6. The van der Waals surface area contributed by atoms with E-state index in [4.69, 9.17) is 12.2 Å². The molecule has 0 aromatic heterocycles. The molecule has 0 radical (unpaired) electrons. The molecule has 1 aromatic carbocycles. The number of aliphatic carboxylic acids is 1. The predicted molar refractivity (Wildman–Crippen MR) is 99.9 cm³/mol. The van der Waals surface area contributed by atoms with Crippen LogP contribution in [0.1, 0.15) is 12.0 Å². The molecule has 1 aliphatic heterocycles. The molecule has 25 heavy (non-hydrogen) atoms. The second-order valence-corrected chi connectivity index (χ2v) is 7.68. The first kappa shape index (κ1) is 19.4. The molecule has 0 N–H and O–H groups in total. The van der Waals surface area contributed by atoms with E-state index in [2.05, 4.69) is 0 Å². The van der Waals surface area contributed by atoms with Crippen molar-refractivity contribution in [1.29, 1.82) is 0 Å². The smallest absolute Gasteiger partial charge is 0.269 e. The quantitative estimate of drug-likeness (QED) is 0.296. The third kappa shape index (κ3) is 4.59. The molecule has 10 heteroatoms. The summed E-state index contributed by atoms with van der Waals surface area (Å²) in [5.74, 6) is -1.29. The fourth-order valence-corrected chi connectivity index (χ4v) is 3.99. The first-order valence-corrected chi connectivity index (χ1v) is 9.68. The van der Waals surface area contributed by atoms with Crippen LogP contribution in [-0.2, 0) is 9.59 Å². The van der Waals surface area contributed by atoms with E-state index in [1.54, 1.807) is 0 Å². The Morgan fingerprint density at radius 3 is 2.60 bits per heavy atom. The minimum atomic E-state index is -1.35. The lowest BCUT2D eigenvalue weighted by molar-refractivity contribution is -0.384. The van der Waals surface area contributed by atoms with E-state index in [9.17, 15) is 24.8 Å². The number of rotatable bonds is 7. The Morgan fingerprint density at radius 2 is 2.08 bits per heavy atom. The largest absolute Gasteiger partial charge is 0.548 e. The summed E-state index contributed by atoms with van der Waals surface area (Å²) in [6.45, 7) is 0. The van der Waals surface area contributed by atoms with Crippen LogP contribution in [0.3, 0.4) is 0 Å². The fourth-order valence-electron chi connectivity index (χ4n) is 2.17. The van der Waals surface area contributed by atoms with Gasteiger partial charge in [0.25, 0.3) is 11.6 Å². The summed E-state index contributed by atoms with van der Waals surface area (Å²) in [6, 6.07) is 4.57. The van der Waals surface area contributed by atoms with Gasteiger partial charge in [-0.25, -0.2) is 0 Å². The summed E-state index contributed by atoms with van der Waals surface area (Å²) in [7, 11) is 0. The summed E-state index contributed by atoms with van der Waals surface area (Å²) in [5.41, 5.74) is 0.527. The standard InChI is InChI=1S/C15H14N2O5S3/c1-24-7-6-11(14(19)20)16-13(18)12(25-15(16)23)8-9-2-4-10(5-3-9)17(21)22/h2-5,8,11H,6-7H2,1H3,(H,19,20)/p-1/b12-8+/t11-/m0/s1. The summed E-state index contributed by atoms with van der Waals surface area (Å²) in [5, 5.41) is 22.0. The van der Waals surface area contributed by atoms with Gasteiger partial charge in [-0.1, -0.05) is 24.0 Å². The molecule has 0 unspecified atom stereocenters. The van der Waals surface area contributed by atoms with Crippen molar-refractivity contribution in [3.05, 3.63) is 44.8 Å². The average molecular weight is 397 g/mol. The molecule has 1 fully saturated rings. The highest BCUT2D eigenvalue weighted by atomic mass is 32.2. The number of non-ortho nitro benzene ring substituents is 1. The monoisotopic (exact) mass is 397 g/mol. The van der Waals surface area contributed by atoms with E-state index in [-0.39, 0.29) is 21.3 Å². The molecule has 0 saturated carbocycles. The summed E-state index contributed by atoms with van der Waals surface area (Å²) < 4.78 is 0.161. The Morgan fingerprint density at radius 1 is 1.44 bits per heavy atom. The molecule has 1 heterocycles. The number of carboxylic acid groups (broad SMARTS) is 1. The van der Waals surface area contributed by atoms with Crippen LogP contribution in [0.25, 0.3) is 6.08 Å². The number of thiocarbonyl (C=S) groups is 1. The maximum absolute atomic E-state index is 12.5. The van der Waals surface area contributed by atoms with E-state index >= 15 is 0 Å². The van der Waals surface area contributed by atoms with E-state index in [1.807, 2.05) is 6.26 Å². The predicted octanol–water partition coefficient (Wildman–Crippen LogP) is 1.67. The molecular formula is C15H13N2O5S3-. The number of nitro benzene ring substituents is 1.